The third kappa shape index (κ3) is 3.93. The predicted molar refractivity (Wildman–Crippen MR) is 95.6 cm³/mol. The number of rotatable bonds is 6. The Morgan fingerprint density at radius 3 is 2.62 bits per heavy atom. The number of methoxy groups -OCH3 is 1. The van der Waals surface area contributed by atoms with Crippen molar-refractivity contribution in [2.45, 2.75) is 6.54 Å². The fourth-order valence-corrected chi connectivity index (χ4v) is 2.86. The molecular weight excluding hydrogens is 337 g/mol. The molecule has 3 rings (SSSR count). The van der Waals surface area contributed by atoms with E-state index in [1.54, 1.807) is 19.2 Å². The van der Waals surface area contributed by atoms with Gasteiger partial charge in [-0.15, -0.1) is 0 Å². The summed E-state index contributed by atoms with van der Waals surface area (Å²) in [6, 6.07) is 12.9. The van der Waals surface area contributed by atoms with Gasteiger partial charge in [0, 0.05) is 30.9 Å². The van der Waals surface area contributed by atoms with Crippen molar-refractivity contribution < 1.29 is 18.7 Å². The zero-order chi connectivity index (χ0) is 18.5. The van der Waals surface area contributed by atoms with Crippen LogP contribution in [0.1, 0.15) is 5.56 Å². The molecule has 1 saturated heterocycles. The molecule has 0 saturated carbocycles. The number of ether oxygens (including phenoxy) is 1. The maximum absolute atomic E-state index is 13.0. The summed E-state index contributed by atoms with van der Waals surface area (Å²) in [5.74, 6) is 0.103. The summed E-state index contributed by atoms with van der Waals surface area (Å²) >= 11 is 0. The average molecular weight is 357 g/mol. The molecule has 0 atom stereocenters. The third-order valence-corrected chi connectivity index (χ3v) is 4.24. The van der Waals surface area contributed by atoms with Crippen LogP contribution in [0.15, 0.2) is 48.5 Å². The molecule has 1 fully saturated rings. The van der Waals surface area contributed by atoms with Crippen molar-refractivity contribution in [3.8, 4) is 5.75 Å². The van der Waals surface area contributed by atoms with Crippen molar-refractivity contribution in [2.75, 3.05) is 31.6 Å². The number of nitrogens with one attached hydrogen (secondary N) is 1. The van der Waals surface area contributed by atoms with E-state index in [2.05, 4.69) is 5.32 Å². The van der Waals surface area contributed by atoms with E-state index >= 15 is 0 Å². The lowest BCUT2D eigenvalue weighted by molar-refractivity contribution is -0.121. The predicted octanol–water partition coefficient (Wildman–Crippen LogP) is 2.39. The van der Waals surface area contributed by atoms with Crippen LogP contribution >= 0.6 is 0 Å². The summed E-state index contributed by atoms with van der Waals surface area (Å²) in [6.45, 7) is 1.21. The number of amides is 3. The Balaban J connectivity index is 1.55. The Kier molecular flexibility index (Phi) is 5.36. The van der Waals surface area contributed by atoms with Gasteiger partial charge in [0.25, 0.3) is 0 Å². The highest BCUT2D eigenvalue weighted by molar-refractivity contribution is 5.96. The lowest BCUT2D eigenvalue weighted by Crippen LogP contribution is -2.39. The normalized spacial score (nSPS) is 13.8. The molecule has 0 bridgehead atoms. The standard InChI is InChI=1S/C19H20FN3O3/c1-26-17-5-3-2-4-14(17)12-21-18(24)13-22-10-11-23(19(22)25)16-8-6-15(20)7-9-16/h2-9H,10-13H2,1H3,(H,21,24). The molecule has 6 nitrogen and oxygen atoms in total. The van der Waals surface area contributed by atoms with Crippen molar-refractivity contribution >= 4 is 17.6 Å². The quantitative estimate of drug-likeness (QED) is 0.864. The molecule has 0 radical (unpaired) electrons. The van der Waals surface area contributed by atoms with E-state index in [1.807, 2.05) is 24.3 Å². The molecule has 1 heterocycles. The first kappa shape index (κ1) is 17.7. The molecule has 136 valence electrons. The van der Waals surface area contributed by atoms with Crippen LogP contribution in [0.5, 0.6) is 5.75 Å². The van der Waals surface area contributed by atoms with Crippen LogP contribution in [0.4, 0.5) is 14.9 Å². The summed E-state index contributed by atoms with van der Waals surface area (Å²) in [7, 11) is 1.58. The maximum Gasteiger partial charge on any atom is 0.325 e. The number of halogens is 1. The maximum atomic E-state index is 13.0. The fourth-order valence-electron chi connectivity index (χ4n) is 2.86. The lowest BCUT2D eigenvalue weighted by Gasteiger charge is -2.18. The Labute approximate surface area is 151 Å². The minimum atomic E-state index is -0.354. The average Bonchev–Trinajstić information content (AvgIpc) is 3.01. The van der Waals surface area contributed by atoms with Gasteiger partial charge >= 0.3 is 6.03 Å². The summed E-state index contributed by atoms with van der Waals surface area (Å²) in [6.07, 6.45) is 0. The van der Waals surface area contributed by atoms with Crippen LogP contribution in [0.25, 0.3) is 0 Å². The molecule has 26 heavy (non-hydrogen) atoms. The van der Waals surface area contributed by atoms with Crippen LogP contribution in [0.3, 0.4) is 0 Å². The Morgan fingerprint density at radius 1 is 1.15 bits per heavy atom. The third-order valence-electron chi connectivity index (χ3n) is 4.24. The number of nitrogens with zero attached hydrogens (tertiary/aromatic N) is 2. The monoisotopic (exact) mass is 357 g/mol. The zero-order valence-electron chi connectivity index (χ0n) is 14.4. The topological polar surface area (TPSA) is 61.9 Å². The van der Waals surface area contributed by atoms with Crippen molar-refractivity contribution in [1.29, 1.82) is 0 Å². The number of carbonyl (C=O) groups excluding carboxylic acids is 2. The van der Waals surface area contributed by atoms with Crippen LogP contribution in [0.2, 0.25) is 0 Å². The second-order valence-electron chi connectivity index (χ2n) is 5.92. The summed E-state index contributed by atoms with van der Waals surface area (Å²) < 4.78 is 18.3. The Hall–Kier alpha value is -3.09. The fraction of sp³-hybridized carbons (Fsp3) is 0.263. The second-order valence-corrected chi connectivity index (χ2v) is 5.92. The van der Waals surface area contributed by atoms with Crippen LogP contribution in [-0.2, 0) is 11.3 Å². The summed E-state index contributed by atoms with van der Waals surface area (Å²) in [4.78, 5) is 27.7. The van der Waals surface area contributed by atoms with Crippen LogP contribution in [-0.4, -0.2) is 43.6 Å². The number of carbonyl (C=O) groups is 2. The molecule has 1 aliphatic heterocycles. The highest BCUT2D eigenvalue weighted by Crippen LogP contribution is 2.20. The van der Waals surface area contributed by atoms with Gasteiger partial charge in [0.2, 0.25) is 5.91 Å². The van der Waals surface area contributed by atoms with Crippen molar-refractivity contribution in [3.63, 3.8) is 0 Å². The molecule has 7 heteroatoms. The highest BCUT2D eigenvalue weighted by atomic mass is 19.1. The first-order valence-corrected chi connectivity index (χ1v) is 8.29. The van der Waals surface area contributed by atoms with Gasteiger partial charge in [-0.2, -0.15) is 0 Å². The second kappa shape index (κ2) is 7.86. The molecule has 2 aromatic rings. The number of hydrogen-bond donors (Lipinski definition) is 1. The Morgan fingerprint density at radius 2 is 1.88 bits per heavy atom. The molecule has 3 amide bonds. The van der Waals surface area contributed by atoms with Crippen molar-refractivity contribution in [1.82, 2.24) is 10.2 Å². The number of urea groups is 1. The summed E-state index contributed by atoms with van der Waals surface area (Å²) in [5, 5.41) is 2.80. The molecule has 1 aliphatic rings. The van der Waals surface area contributed by atoms with Crippen LogP contribution in [0, 0.1) is 5.82 Å². The molecule has 2 aromatic carbocycles. The smallest absolute Gasteiger partial charge is 0.325 e. The molecule has 0 unspecified atom stereocenters. The molecule has 0 aliphatic carbocycles. The Bertz CT molecular complexity index is 795. The van der Waals surface area contributed by atoms with Crippen molar-refractivity contribution in [2.24, 2.45) is 0 Å². The van der Waals surface area contributed by atoms with E-state index in [0.717, 1.165) is 5.56 Å². The molecular formula is C19H20FN3O3. The van der Waals surface area contributed by atoms with Crippen LogP contribution < -0.4 is 15.0 Å². The van der Waals surface area contributed by atoms with Crippen molar-refractivity contribution in [3.05, 3.63) is 59.9 Å². The molecule has 0 spiro atoms. The van der Waals surface area contributed by atoms with E-state index in [0.29, 0.717) is 31.1 Å². The van der Waals surface area contributed by atoms with Gasteiger partial charge in [-0.3, -0.25) is 9.69 Å². The largest absolute Gasteiger partial charge is 0.496 e. The number of para-hydroxylation sites is 1. The molecule has 1 N–H and O–H groups in total. The van der Waals surface area contributed by atoms with E-state index in [-0.39, 0.29) is 24.3 Å². The van der Waals surface area contributed by atoms with Gasteiger partial charge in [0.05, 0.1) is 7.11 Å². The molecule has 0 aromatic heterocycles. The van der Waals surface area contributed by atoms with E-state index < -0.39 is 0 Å². The zero-order valence-corrected chi connectivity index (χ0v) is 14.4. The van der Waals surface area contributed by atoms with Gasteiger partial charge in [-0.25, -0.2) is 9.18 Å². The first-order valence-electron chi connectivity index (χ1n) is 8.29. The van der Waals surface area contributed by atoms with Gasteiger partial charge in [-0.1, -0.05) is 18.2 Å². The number of anilines is 1. The van der Waals surface area contributed by atoms with E-state index in [1.165, 1.54) is 21.9 Å². The minimum Gasteiger partial charge on any atom is -0.496 e. The minimum absolute atomic E-state index is 0.0221. The first-order chi connectivity index (χ1) is 12.6. The van der Waals surface area contributed by atoms with E-state index in [9.17, 15) is 14.0 Å². The SMILES string of the molecule is COc1ccccc1CNC(=O)CN1CCN(c2ccc(F)cc2)C1=O. The number of hydrogen-bond acceptors (Lipinski definition) is 3. The van der Waals surface area contributed by atoms with Gasteiger partial charge in [-0.05, 0) is 30.3 Å². The van der Waals surface area contributed by atoms with E-state index in [4.69, 9.17) is 4.74 Å². The van der Waals surface area contributed by atoms with Gasteiger partial charge in [0.1, 0.15) is 18.1 Å². The lowest BCUT2D eigenvalue weighted by atomic mass is 10.2. The highest BCUT2D eigenvalue weighted by Gasteiger charge is 2.30. The number of benzene rings is 2. The van der Waals surface area contributed by atoms with Gasteiger partial charge < -0.3 is 15.0 Å². The summed E-state index contributed by atoms with van der Waals surface area (Å²) in [5.41, 5.74) is 1.48. The van der Waals surface area contributed by atoms with Gasteiger partial charge in [0.15, 0.2) is 0 Å².